The molecule has 2 nitrogen and oxygen atoms in total. The fourth-order valence-electron chi connectivity index (χ4n) is 1.54. The summed E-state index contributed by atoms with van der Waals surface area (Å²) in [6.45, 7) is 3.86. The van der Waals surface area contributed by atoms with Gasteiger partial charge in [-0.15, -0.1) is 0 Å². The Morgan fingerprint density at radius 1 is 1.27 bits per heavy atom. The first kappa shape index (κ1) is 12.7. The summed E-state index contributed by atoms with van der Waals surface area (Å²) in [7, 11) is 1.63. The molecule has 0 spiro atoms. The zero-order chi connectivity index (χ0) is 11.6. The number of hydrogen-bond donors (Lipinski definition) is 0. The topological polar surface area (TPSA) is 26.3 Å². The molecule has 82 valence electrons. The molecule has 0 bridgehead atoms. The molecule has 0 saturated heterocycles. The van der Waals surface area contributed by atoms with Crippen LogP contribution in [0.4, 0.5) is 0 Å². The van der Waals surface area contributed by atoms with Gasteiger partial charge in [0.1, 0.15) is 9.49 Å². The maximum absolute atomic E-state index is 11.7. The van der Waals surface area contributed by atoms with Crippen molar-refractivity contribution in [1.82, 2.24) is 0 Å². The normalized spacial score (nSPS) is 10.5. The van der Waals surface area contributed by atoms with Crippen molar-refractivity contribution in [3.63, 3.8) is 0 Å². The maximum atomic E-state index is 11.7. The van der Waals surface area contributed by atoms with Gasteiger partial charge in [-0.3, -0.25) is 4.79 Å². The second-order valence-electron chi connectivity index (χ2n) is 3.31. The van der Waals surface area contributed by atoms with Crippen LogP contribution in [-0.4, -0.2) is 16.6 Å². The van der Waals surface area contributed by atoms with Crippen LogP contribution in [0.15, 0.2) is 12.1 Å². The summed E-state index contributed by atoms with van der Waals surface area (Å²) < 4.78 is 4.90. The molecule has 4 heteroatoms. The molecule has 0 aliphatic heterocycles. The molecular weight excluding hydrogens is 324 g/mol. The Morgan fingerprint density at radius 3 is 2.07 bits per heavy atom. The number of ether oxygens (including phenoxy) is 1. The fraction of sp³-hybridized carbons (Fsp3) is 0.364. The van der Waals surface area contributed by atoms with E-state index in [1.54, 1.807) is 7.11 Å². The molecule has 0 aromatic heterocycles. The highest BCUT2D eigenvalue weighted by atomic mass is 79.9. The van der Waals surface area contributed by atoms with E-state index in [4.69, 9.17) is 4.74 Å². The van der Waals surface area contributed by atoms with Crippen molar-refractivity contribution in [3.8, 4) is 5.75 Å². The van der Waals surface area contributed by atoms with E-state index >= 15 is 0 Å². The molecule has 1 rings (SSSR count). The minimum absolute atomic E-state index is 0.0175. The molecular formula is C11H12Br2O2. The summed E-state index contributed by atoms with van der Waals surface area (Å²) in [5, 5.41) is 0. The first-order valence-corrected chi connectivity index (χ1v) is 6.28. The smallest absolute Gasteiger partial charge is 0.187 e. The van der Waals surface area contributed by atoms with Crippen LogP contribution in [0.2, 0.25) is 0 Å². The predicted octanol–water partition coefficient (Wildman–Crippen LogP) is 3.61. The number of Topliss-reactive ketones (excluding diaryl/α,β-unsaturated/α-hetero) is 1. The molecule has 0 heterocycles. The number of carbonyl (C=O) groups excluding carboxylic acids is 1. The molecule has 0 N–H and O–H groups in total. The standard InChI is InChI=1S/C11H12Br2O2/c1-6-4-8(9(14)11(12)13)5-7(2)10(6)15-3/h4-5,11H,1-3H3. The minimum Gasteiger partial charge on any atom is -0.496 e. The van der Waals surface area contributed by atoms with Gasteiger partial charge in [-0.05, 0) is 37.1 Å². The van der Waals surface area contributed by atoms with Crippen LogP contribution in [0.3, 0.4) is 0 Å². The van der Waals surface area contributed by atoms with E-state index in [0.29, 0.717) is 5.56 Å². The van der Waals surface area contributed by atoms with Gasteiger partial charge in [0.05, 0.1) is 7.11 Å². The van der Waals surface area contributed by atoms with Crippen molar-refractivity contribution in [3.05, 3.63) is 28.8 Å². The fourth-order valence-corrected chi connectivity index (χ4v) is 2.07. The van der Waals surface area contributed by atoms with Gasteiger partial charge in [-0.2, -0.15) is 0 Å². The van der Waals surface area contributed by atoms with Gasteiger partial charge >= 0.3 is 0 Å². The lowest BCUT2D eigenvalue weighted by Gasteiger charge is -2.11. The van der Waals surface area contributed by atoms with E-state index in [2.05, 4.69) is 31.9 Å². The monoisotopic (exact) mass is 334 g/mol. The molecule has 15 heavy (non-hydrogen) atoms. The molecule has 0 atom stereocenters. The van der Waals surface area contributed by atoms with Crippen molar-refractivity contribution in [2.24, 2.45) is 0 Å². The number of methoxy groups -OCH3 is 1. The highest BCUT2D eigenvalue weighted by molar-refractivity contribution is 9.25. The van der Waals surface area contributed by atoms with E-state index < -0.39 is 0 Å². The average Bonchev–Trinajstić information content (AvgIpc) is 2.15. The van der Waals surface area contributed by atoms with Crippen molar-refractivity contribution in [2.45, 2.75) is 17.6 Å². The van der Waals surface area contributed by atoms with Crippen LogP contribution in [0.5, 0.6) is 5.75 Å². The number of alkyl halides is 2. The largest absolute Gasteiger partial charge is 0.496 e. The zero-order valence-corrected chi connectivity index (χ0v) is 12.0. The molecule has 0 fully saturated rings. The molecule has 0 amide bonds. The third-order valence-electron chi connectivity index (χ3n) is 2.15. The zero-order valence-electron chi connectivity index (χ0n) is 8.80. The summed E-state index contributed by atoms with van der Waals surface area (Å²) >= 11 is 6.39. The number of rotatable bonds is 3. The van der Waals surface area contributed by atoms with Crippen LogP contribution >= 0.6 is 31.9 Å². The lowest BCUT2D eigenvalue weighted by atomic mass is 10.0. The lowest BCUT2D eigenvalue weighted by Crippen LogP contribution is -2.08. The first-order valence-electron chi connectivity index (χ1n) is 4.45. The van der Waals surface area contributed by atoms with Crippen LogP contribution in [0.1, 0.15) is 21.5 Å². The third kappa shape index (κ3) is 2.82. The Labute approximate surface area is 106 Å². The second kappa shape index (κ2) is 5.12. The van der Waals surface area contributed by atoms with Crippen LogP contribution < -0.4 is 4.74 Å². The Hall–Kier alpha value is -0.350. The first-order chi connectivity index (χ1) is 6.97. The van der Waals surface area contributed by atoms with E-state index in [9.17, 15) is 4.79 Å². The van der Waals surface area contributed by atoms with E-state index in [1.807, 2.05) is 26.0 Å². The highest BCUT2D eigenvalue weighted by Gasteiger charge is 2.15. The van der Waals surface area contributed by atoms with E-state index in [-0.39, 0.29) is 9.52 Å². The second-order valence-corrected chi connectivity index (χ2v) is 6.37. The number of halogens is 2. The van der Waals surface area contributed by atoms with Crippen molar-refractivity contribution >= 4 is 37.6 Å². The molecule has 0 aliphatic rings. The van der Waals surface area contributed by atoms with Gasteiger partial charge in [-0.25, -0.2) is 0 Å². The quantitative estimate of drug-likeness (QED) is 0.623. The molecule has 0 saturated carbocycles. The summed E-state index contributed by atoms with van der Waals surface area (Å²) in [5.74, 6) is 0.857. The van der Waals surface area contributed by atoms with Gasteiger partial charge in [-0.1, -0.05) is 31.9 Å². The van der Waals surface area contributed by atoms with Gasteiger partial charge in [0.2, 0.25) is 0 Å². The summed E-state index contributed by atoms with van der Waals surface area (Å²) in [5.41, 5.74) is 2.63. The molecule has 1 aromatic carbocycles. The third-order valence-corrected chi connectivity index (χ3v) is 2.98. The van der Waals surface area contributed by atoms with Crippen LogP contribution in [0, 0.1) is 13.8 Å². The lowest BCUT2D eigenvalue weighted by molar-refractivity contribution is 0.101. The Kier molecular flexibility index (Phi) is 4.34. The Morgan fingerprint density at radius 2 is 1.73 bits per heavy atom. The van der Waals surface area contributed by atoms with Gasteiger partial charge in [0.15, 0.2) is 5.78 Å². The van der Waals surface area contributed by atoms with Gasteiger partial charge in [0, 0.05) is 5.56 Å². The highest BCUT2D eigenvalue weighted by Crippen LogP contribution is 2.26. The maximum Gasteiger partial charge on any atom is 0.187 e. The number of ketones is 1. The summed E-state index contributed by atoms with van der Waals surface area (Å²) in [6.07, 6.45) is 0. The summed E-state index contributed by atoms with van der Waals surface area (Å²) in [6, 6.07) is 3.67. The Balaban J connectivity index is 3.20. The Bertz CT molecular complexity index is 363. The molecule has 1 aromatic rings. The number of benzene rings is 1. The van der Waals surface area contributed by atoms with Crippen LogP contribution in [-0.2, 0) is 0 Å². The number of carbonyl (C=O) groups is 1. The number of hydrogen-bond acceptors (Lipinski definition) is 2. The SMILES string of the molecule is COc1c(C)cc(C(=O)C(Br)Br)cc1C. The van der Waals surface area contributed by atoms with E-state index in [1.165, 1.54) is 0 Å². The minimum atomic E-state index is -0.336. The summed E-state index contributed by atoms with van der Waals surface area (Å²) in [4.78, 5) is 11.7. The van der Waals surface area contributed by atoms with Gasteiger partial charge in [0.25, 0.3) is 0 Å². The molecule has 0 aliphatic carbocycles. The van der Waals surface area contributed by atoms with Gasteiger partial charge < -0.3 is 4.74 Å². The van der Waals surface area contributed by atoms with E-state index in [0.717, 1.165) is 16.9 Å². The predicted molar refractivity (Wildman–Crippen MR) is 68.4 cm³/mol. The molecule has 0 unspecified atom stereocenters. The number of aryl methyl sites for hydroxylation is 2. The molecule has 0 radical (unpaired) electrons. The van der Waals surface area contributed by atoms with Crippen molar-refractivity contribution in [2.75, 3.05) is 7.11 Å². The average molecular weight is 336 g/mol. The van der Waals surface area contributed by atoms with Crippen LogP contribution in [0.25, 0.3) is 0 Å². The van der Waals surface area contributed by atoms with Crippen molar-refractivity contribution < 1.29 is 9.53 Å². The van der Waals surface area contributed by atoms with Crippen molar-refractivity contribution in [1.29, 1.82) is 0 Å².